The first-order valence-electron chi connectivity index (χ1n) is 25.1. The van der Waals surface area contributed by atoms with Gasteiger partial charge in [-0.3, -0.25) is 4.57 Å². The molecule has 0 saturated carbocycles. The number of hydrogen-bond acceptors (Lipinski definition) is 2. The fourth-order valence-corrected chi connectivity index (χ4v) is 7.80. The number of nitrogens with zero attached hydrogens (tertiary/aromatic N) is 4. The van der Waals surface area contributed by atoms with Crippen LogP contribution in [-0.2, 0) is 31.9 Å². The SMILES string of the molecule is [2H]c1c([2H])c([2H])c(-c2cccc(-c3c([2H])c([2H])c([2H])c([2H])c3[2H])c2-[n+]2[c-]n(-c3[c-]c(Oc4[c-]c5c(cc4)c4ccccc4n5-c4cc(C(C)(C)C)ccn4)ccc3)c3ccc(C(C)(C)C)cc32)c([2H])c1[2H].[Pt]. The molecule has 0 aliphatic rings. The molecule has 0 aliphatic heterocycles. The summed E-state index contributed by atoms with van der Waals surface area (Å²) in [4.78, 5) is 4.81. The van der Waals surface area contributed by atoms with E-state index < -0.39 is 60.4 Å². The van der Waals surface area contributed by atoms with Gasteiger partial charge in [0.25, 0.3) is 6.33 Å². The number of rotatable bonds is 7. The van der Waals surface area contributed by atoms with E-state index in [1.165, 1.54) is 0 Å². The van der Waals surface area contributed by atoms with Crippen molar-refractivity contribution in [2.24, 2.45) is 0 Å². The topological polar surface area (TPSA) is 35.9 Å². The Morgan fingerprint density at radius 1 is 0.613 bits per heavy atom. The standard InChI is InChI=1S/C56H46N4O.Pt/c1-55(2,3)40-27-30-50-52(33-40)59(54-45(38-17-9-7-10-18-38)24-16-25-46(54)39-19-11-8-12-20-39)37-58(50)42-21-15-22-43(35-42)61-44-28-29-48-47-23-13-14-26-49(47)60(51(48)36-44)53-34-41(31-32-57-53)56(4,5)6;/h7-34H,1-6H3;/q-2;/i7D,8D,9D,10D,11D,12D,17D,18D,19D,20D;. The van der Waals surface area contributed by atoms with Crippen LogP contribution in [0.1, 0.15) is 66.4 Å². The summed E-state index contributed by atoms with van der Waals surface area (Å²) in [7, 11) is 0. The van der Waals surface area contributed by atoms with Crippen molar-refractivity contribution in [2.75, 3.05) is 0 Å². The van der Waals surface area contributed by atoms with Crippen molar-refractivity contribution in [1.29, 1.82) is 0 Å². The second-order valence-electron chi connectivity index (χ2n) is 17.0. The second-order valence-corrected chi connectivity index (χ2v) is 17.0. The van der Waals surface area contributed by atoms with E-state index in [-0.39, 0.29) is 59.8 Å². The molecule has 3 heterocycles. The van der Waals surface area contributed by atoms with Gasteiger partial charge in [0.15, 0.2) is 0 Å². The molecule has 0 aliphatic carbocycles. The zero-order chi connectivity index (χ0) is 50.6. The number of aromatic nitrogens is 4. The third kappa shape index (κ3) is 7.45. The van der Waals surface area contributed by atoms with Crippen molar-refractivity contribution >= 4 is 32.8 Å². The maximum atomic E-state index is 9.10. The van der Waals surface area contributed by atoms with Crippen molar-refractivity contribution in [1.82, 2.24) is 14.1 Å². The van der Waals surface area contributed by atoms with Crippen LogP contribution in [0.5, 0.6) is 11.5 Å². The molecule has 5 nitrogen and oxygen atoms in total. The number of pyridine rings is 1. The molecule has 0 radical (unpaired) electrons. The predicted octanol–water partition coefficient (Wildman–Crippen LogP) is 13.5. The summed E-state index contributed by atoms with van der Waals surface area (Å²) >= 11 is 0. The van der Waals surface area contributed by atoms with Gasteiger partial charge in [-0.05, 0) is 79.5 Å². The maximum Gasteiger partial charge on any atom is 0.268 e. The number of fused-ring (bicyclic) bond motifs is 4. The van der Waals surface area contributed by atoms with Crippen LogP contribution < -0.4 is 9.30 Å². The van der Waals surface area contributed by atoms with Crippen LogP contribution in [-0.4, -0.2) is 14.1 Å². The summed E-state index contributed by atoms with van der Waals surface area (Å²) in [6.07, 6.45) is 5.30. The van der Waals surface area contributed by atoms with Crippen LogP contribution in [0.25, 0.3) is 72.3 Å². The maximum absolute atomic E-state index is 9.10. The van der Waals surface area contributed by atoms with Crippen molar-refractivity contribution in [3.05, 3.63) is 199 Å². The van der Waals surface area contributed by atoms with Crippen LogP contribution in [0.3, 0.4) is 0 Å². The fourth-order valence-electron chi connectivity index (χ4n) is 7.80. The third-order valence-electron chi connectivity index (χ3n) is 10.9. The van der Waals surface area contributed by atoms with Gasteiger partial charge in [0.1, 0.15) is 5.82 Å². The van der Waals surface area contributed by atoms with Crippen molar-refractivity contribution < 1.29 is 44.1 Å². The first-order valence-corrected chi connectivity index (χ1v) is 20.1. The minimum atomic E-state index is -0.571. The second kappa shape index (κ2) is 16.0. The van der Waals surface area contributed by atoms with Gasteiger partial charge in [-0.1, -0.05) is 156 Å². The molecular weight excluding hydrogens is 940 g/mol. The molecule has 0 saturated heterocycles. The summed E-state index contributed by atoms with van der Waals surface area (Å²) in [5.41, 5.74) is 5.24. The van der Waals surface area contributed by atoms with Crippen molar-refractivity contribution in [3.8, 4) is 50.9 Å². The quantitative estimate of drug-likeness (QED) is 0.118. The van der Waals surface area contributed by atoms with E-state index in [1.807, 2.05) is 66.9 Å². The molecular formula is C56H46N4OPt-2. The molecule has 7 aromatic carbocycles. The van der Waals surface area contributed by atoms with E-state index in [1.54, 1.807) is 33.4 Å². The number of ether oxygens (including phenoxy) is 1. The molecule has 10 aromatic rings. The Morgan fingerprint density at radius 2 is 1.26 bits per heavy atom. The summed E-state index contributed by atoms with van der Waals surface area (Å²) in [6.45, 7) is 12.7. The fraction of sp³-hybridized carbons (Fsp3) is 0.143. The van der Waals surface area contributed by atoms with Crippen LogP contribution in [0.4, 0.5) is 0 Å². The Kier molecular flexibility index (Phi) is 7.89. The zero-order valence-electron chi connectivity index (χ0n) is 44.9. The first kappa shape index (κ1) is 30.5. The first-order chi connectivity index (χ1) is 33.6. The normalized spacial score (nSPS) is 14.2. The molecule has 62 heavy (non-hydrogen) atoms. The van der Waals surface area contributed by atoms with Gasteiger partial charge in [0.2, 0.25) is 0 Å². The van der Waals surface area contributed by atoms with Crippen LogP contribution in [0.2, 0.25) is 0 Å². The van der Waals surface area contributed by atoms with E-state index in [2.05, 4.69) is 82.8 Å². The number of hydrogen-bond donors (Lipinski definition) is 0. The Hall–Kier alpha value is -6.55. The summed E-state index contributed by atoms with van der Waals surface area (Å²) in [5, 5.41) is 2.02. The van der Waals surface area contributed by atoms with Crippen LogP contribution in [0.15, 0.2) is 170 Å². The van der Waals surface area contributed by atoms with Crippen LogP contribution in [0, 0.1) is 18.5 Å². The average Bonchev–Trinajstić information content (AvgIpc) is 3.89. The summed E-state index contributed by atoms with van der Waals surface area (Å²) in [6, 6.07) is 34.0. The van der Waals surface area contributed by atoms with Crippen LogP contribution >= 0.6 is 0 Å². The van der Waals surface area contributed by atoms with E-state index >= 15 is 0 Å². The summed E-state index contributed by atoms with van der Waals surface area (Å²) in [5.74, 6) is 1.55. The minimum absolute atomic E-state index is 0. The molecule has 10 rings (SSSR count). The smallest absolute Gasteiger partial charge is 0.268 e. The molecule has 0 unspecified atom stereocenters. The van der Waals surface area contributed by atoms with Crippen molar-refractivity contribution in [2.45, 2.75) is 52.4 Å². The van der Waals surface area contributed by atoms with E-state index in [0.29, 0.717) is 28.2 Å². The molecule has 0 N–H and O–H groups in total. The number of para-hydroxylation sites is 2. The molecule has 0 fully saturated rings. The number of benzene rings is 7. The molecule has 3 aromatic heterocycles. The Labute approximate surface area is 392 Å². The molecule has 0 atom stereocenters. The van der Waals surface area contributed by atoms with Gasteiger partial charge in [-0.2, -0.15) is 18.2 Å². The van der Waals surface area contributed by atoms with Gasteiger partial charge >= 0.3 is 0 Å². The number of imidazole rings is 1. The summed E-state index contributed by atoms with van der Waals surface area (Å²) < 4.78 is 99.8. The largest absolute Gasteiger partial charge is 0.510 e. The zero-order valence-corrected chi connectivity index (χ0v) is 37.2. The molecule has 0 amide bonds. The average molecular weight is 996 g/mol. The Balaban J connectivity index is 0.00000640. The predicted molar refractivity (Wildman–Crippen MR) is 248 cm³/mol. The van der Waals surface area contributed by atoms with Gasteiger partial charge in [0.05, 0.1) is 30.4 Å². The third-order valence-corrected chi connectivity index (χ3v) is 10.9. The molecule has 0 bridgehead atoms. The Bertz CT molecular complexity index is 3710. The van der Waals surface area contributed by atoms with Gasteiger partial charge in [-0.15, -0.1) is 29.7 Å². The monoisotopic (exact) mass is 995 g/mol. The molecule has 6 heteroatoms. The molecule has 308 valence electrons. The van der Waals surface area contributed by atoms with Gasteiger partial charge in [0, 0.05) is 44.3 Å². The Morgan fingerprint density at radius 3 is 1.95 bits per heavy atom. The van der Waals surface area contributed by atoms with Gasteiger partial charge in [-0.25, -0.2) is 4.98 Å². The van der Waals surface area contributed by atoms with E-state index in [4.69, 9.17) is 23.4 Å². The minimum Gasteiger partial charge on any atom is -0.510 e. The van der Waals surface area contributed by atoms with E-state index in [0.717, 1.165) is 38.8 Å². The van der Waals surface area contributed by atoms with Crippen molar-refractivity contribution in [3.63, 3.8) is 0 Å². The van der Waals surface area contributed by atoms with E-state index in [9.17, 15) is 0 Å². The van der Waals surface area contributed by atoms with Gasteiger partial charge < -0.3 is 13.9 Å². The molecule has 0 spiro atoms.